The summed E-state index contributed by atoms with van der Waals surface area (Å²) in [6.07, 6.45) is 1.51. The van der Waals surface area contributed by atoms with Crippen LogP contribution >= 0.6 is 11.3 Å². The van der Waals surface area contributed by atoms with E-state index in [4.69, 9.17) is 9.84 Å². The van der Waals surface area contributed by atoms with Gasteiger partial charge in [0.15, 0.2) is 5.78 Å². The second kappa shape index (κ2) is 8.26. The Morgan fingerprint density at radius 2 is 2.00 bits per heavy atom. The third-order valence-electron chi connectivity index (χ3n) is 3.89. The van der Waals surface area contributed by atoms with E-state index in [0.717, 1.165) is 21.4 Å². The lowest BCUT2D eigenvalue weighted by atomic mass is 10.0. The average molecular weight is 350 g/mol. The molecule has 0 unspecified atom stereocenters. The van der Waals surface area contributed by atoms with Crippen molar-refractivity contribution in [2.75, 3.05) is 20.8 Å². The molecule has 24 heavy (non-hydrogen) atoms. The number of benzene rings is 1. The van der Waals surface area contributed by atoms with Gasteiger partial charge in [0.2, 0.25) is 0 Å². The molecule has 0 spiro atoms. The number of aryl methyl sites for hydroxylation is 1. The van der Waals surface area contributed by atoms with E-state index < -0.39 is 5.92 Å². The molecule has 2 aromatic rings. The van der Waals surface area contributed by atoms with Gasteiger partial charge in [-0.05, 0) is 42.0 Å². The van der Waals surface area contributed by atoms with Gasteiger partial charge in [0.25, 0.3) is 0 Å². The molecule has 2 rings (SSSR count). The first-order valence-corrected chi connectivity index (χ1v) is 8.64. The van der Waals surface area contributed by atoms with E-state index in [1.807, 2.05) is 18.2 Å². The van der Waals surface area contributed by atoms with Gasteiger partial charge in [-0.15, -0.1) is 11.3 Å². The monoisotopic (exact) mass is 350 g/mol. The molecular formula is C18H22O5S. The molecule has 1 aromatic carbocycles. The zero-order valence-corrected chi connectivity index (χ0v) is 14.9. The zero-order valence-electron chi connectivity index (χ0n) is 14.1. The Balaban J connectivity index is 2.26. The van der Waals surface area contributed by atoms with Crippen molar-refractivity contribution in [3.63, 3.8) is 0 Å². The molecule has 1 N–H and O–H groups in total. The third-order valence-corrected chi connectivity index (χ3v) is 5.03. The van der Waals surface area contributed by atoms with Gasteiger partial charge in [-0.2, -0.15) is 0 Å². The second-order valence-electron chi connectivity index (χ2n) is 5.69. The molecule has 1 heterocycles. The van der Waals surface area contributed by atoms with Gasteiger partial charge in [0.05, 0.1) is 25.0 Å². The first-order valence-electron chi connectivity index (χ1n) is 7.82. The topological polar surface area (TPSA) is 72.8 Å². The number of aliphatic hydroxyl groups is 1. The maximum Gasteiger partial charge on any atom is 0.308 e. The summed E-state index contributed by atoms with van der Waals surface area (Å²) in [7, 11) is 2.93. The molecule has 0 fully saturated rings. The average Bonchev–Trinajstić information content (AvgIpc) is 3.00. The molecule has 0 aliphatic carbocycles. The van der Waals surface area contributed by atoms with Crippen molar-refractivity contribution < 1.29 is 24.2 Å². The number of carbonyl (C=O) groups is 2. The summed E-state index contributed by atoms with van der Waals surface area (Å²) in [5.41, 5.74) is 1.01. The van der Waals surface area contributed by atoms with Crippen LogP contribution < -0.4 is 4.74 Å². The molecule has 0 bridgehead atoms. The van der Waals surface area contributed by atoms with Crippen LogP contribution in [0.1, 0.15) is 35.0 Å². The number of rotatable bonds is 8. The molecule has 5 nitrogen and oxygen atoms in total. The van der Waals surface area contributed by atoms with Crippen LogP contribution in [0.2, 0.25) is 0 Å². The number of fused-ring (bicyclic) bond motifs is 1. The molecule has 0 aliphatic heterocycles. The minimum Gasteiger partial charge on any atom is -0.496 e. The summed E-state index contributed by atoms with van der Waals surface area (Å²) < 4.78 is 11.0. The van der Waals surface area contributed by atoms with Crippen LogP contribution in [0, 0.1) is 5.92 Å². The Morgan fingerprint density at radius 3 is 2.62 bits per heavy atom. The largest absolute Gasteiger partial charge is 0.496 e. The van der Waals surface area contributed by atoms with Crippen LogP contribution in [0.4, 0.5) is 0 Å². The Morgan fingerprint density at radius 1 is 1.25 bits per heavy atom. The number of hydrogen-bond acceptors (Lipinski definition) is 6. The van der Waals surface area contributed by atoms with Crippen molar-refractivity contribution in [1.29, 1.82) is 0 Å². The van der Waals surface area contributed by atoms with Crippen LogP contribution in [0.25, 0.3) is 10.1 Å². The summed E-state index contributed by atoms with van der Waals surface area (Å²) in [5, 5.41) is 9.98. The van der Waals surface area contributed by atoms with Gasteiger partial charge in [-0.3, -0.25) is 9.59 Å². The number of hydrogen-bond donors (Lipinski definition) is 1. The van der Waals surface area contributed by atoms with Crippen molar-refractivity contribution in [3.8, 4) is 5.75 Å². The minimum absolute atomic E-state index is 0.0648. The number of ether oxygens (including phenoxy) is 2. The molecule has 1 atom stereocenters. The third kappa shape index (κ3) is 4.13. The van der Waals surface area contributed by atoms with E-state index in [1.54, 1.807) is 14.0 Å². The Hall–Kier alpha value is -1.92. The van der Waals surface area contributed by atoms with Gasteiger partial charge >= 0.3 is 5.97 Å². The van der Waals surface area contributed by atoms with Gasteiger partial charge in [-0.25, -0.2) is 0 Å². The molecule has 6 heteroatoms. The molecule has 0 saturated heterocycles. The van der Waals surface area contributed by atoms with Crippen LogP contribution in [-0.2, 0) is 16.0 Å². The molecule has 0 aliphatic rings. The fraction of sp³-hybridized carbons (Fsp3) is 0.444. The fourth-order valence-corrected chi connectivity index (χ4v) is 3.59. The summed E-state index contributed by atoms with van der Waals surface area (Å²) in [5.74, 6) is -0.135. The Bertz CT molecular complexity index is 734. The molecule has 0 saturated carbocycles. The van der Waals surface area contributed by atoms with Gasteiger partial charge in [0.1, 0.15) is 5.75 Å². The van der Waals surface area contributed by atoms with E-state index >= 15 is 0 Å². The number of Topliss-reactive ketones (excluding diaryl/α,β-unsaturated/α-hetero) is 1. The lowest BCUT2D eigenvalue weighted by molar-refractivity contribution is -0.144. The van der Waals surface area contributed by atoms with E-state index in [1.165, 1.54) is 18.4 Å². The van der Waals surface area contributed by atoms with Crippen LogP contribution in [-0.4, -0.2) is 37.7 Å². The van der Waals surface area contributed by atoms with Crippen molar-refractivity contribution in [3.05, 3.63) is 28.6 Å². The van der Waals surface area contributed by atoms with E-state index in [-0.39, 0.29) is 24.8 Å². The smallest absolute Gasteiger partial charge is 0.308 e. The summed E-state index contributed by atoms with van der Waals surface area (Å²) in [4.78, 5) is 24.5. The highest BCUT2D eigenvalue weighted by Crippen LogP contribution is 2.33. The number of ketones is 1. The fourth-order valence-electron chi connectivity index (χ4n) is 2.57. The minimum atomic E-state index is -0.456. The molecule has 130 valence electrons. The number of esters is 1. The number of carbonyl (C=O) groups excluding carboxylic acids is 2. The van der Waals surface area contributed by atoms with Crippen molar-refractivity contribution >= 4 is 33.2 Å². The summed E-state index contributed by atoms with van der Waals surface area (Å²) >= 11 is 1.40. The zero-order chi connectivity index (χ0) is 17.7. The predicted octanol–water partition coefficient (Wildman–Crippen LogP) is 3.22. The second-order valence-corrected chi connectivity index (χ2v) is 6.77. The van der Waals surface area contributed by atoms with Crippen LogP contribution in [0.15, 0.2) is 18.2 Å². The van der Waals surface area contributed by atoms with Crippen molar-refractivity contribution in [2.24, 2.45) is 5.92 Å². The first-order chi connectivity index (χ1) is 11.5. The Kier molecular flexibility index (Phi) is 6.34. The lowest BCUT2D eigenvalue weighted by Crippen LogP contribution is -2.16. The van der Waals surface area contributed by atoms with Crippen molar-refractivity contribution in [2.45, 2.75) is 26.2 Å². The highest BCUT2D eigenvalue weighted by atomic mass is 32.1. The first kappa shape index (κ1) is 18.4. The maximum atomic E-state index is 12.4. The lowest BCUT2D eigenvalue weighted by Gasteiger charge is -2.07. The van der Waals surface area contributed by atoms with Crippen molar-refractivity contribution in [1.82, 2.24) is 0 Å². The standard InChI is InChI=1S/C18H22O5S/c1-11(18(21)23-3)7-14(20)17-9-13-8-12(5-4-6-19)15(22-2)10-16(13)24-17/h8-11,19H,4-7H2,1-3H3/t11-/m1/s1. The van der Waals surface area contributed by atoms with Crippen LogP contribution in [0.3, 0.4) is 0 Å². The van der Waals surface area contributed by atoms with E-state index in [9.17, 15) is 9.59 Å². The normalized spacial score (nSPS) is 12.2. The molecular weight excluding hydrogens is 328 g/mol. The maximum absolute atomic E-state index is 12.4. The highest BCUT2D eigenvalue weighted by Gasteiger charge is 2.20. The van der Waals surface area contributed by atoms with Gasteiger partial charge in [-0.1, -0.05) is 6.92 Å². The van der Waals surface area contributed by atoms with Crippen LogP contribution in [0.5, 0.6) is 5.75 Å². The Labute approximate surface area is 145 Å². The summed E-state index contributed by atoms with van der Waals surface area (Å²) in [6, 6.07) is 5.78. The van der Waals surface area contributed by atoms with Gasteiger partial charge < -0.3 is 14.6 Å². The molecule has 1 aromatic heterocycles. The van der Waals surface area contributed by atoms with Gasteiger partial charge in [0, 0.05) is 17.7 Å². The quantitative estimate of drug-likeness (QED) is 0.584. The summed E-state index contributed by atoms with van der Waals surface area (Å²) in [6.45, 7) is 1.81. The molecule has 0 amide bonds. The SMILES string of the molecule is COC(=O)[C@H](C)CC(=O)c1cc2cc(CCCO)c(OC)cc2s1. The highest BCUT2D eigenvalue weighted by molar-refractivity contribution is 7.20. The van der Waals surface area contributed by atoms with E-state index in [0.29, 0.717) is 17.7 Å². The predicted molar refractivity (Wildman–Crippen MR) is 93.9 cm³/mol. The molecule has 0 radical (unpaired) electrons. The number of aliphatic hydroxyl groups excluding tert-OH is 1. The number of thiophene rings is 1. The van der Waals surface area contributed by atoms with E-state index in [2.05, 4.69) is 4.74 Å². The number of methoxy groups -OCH3 is 2.